The van der Waals surface area contributed by atoms with Gasteiger partial charge in [-0.25, -0.2) is 0 Å². The van der Waals surface area contributed by atoms with Crippen LogP contribution < -0.4 is 0 Å². The molecule has 0 aromatic rings. The van der Waals surface area contributed by atoms with Crippen molar-refractivity contribution < 1.29 is 9.47 Å². The summed E-state index contributed by atoms with van der Waals surface area (Å²) in [6.07, 6.45) is 6.13. The van der Waals surface area contributed by atoms with E-state index in [-0.39, 0.29) is 6.29 Å². The summed E-state index contributed by atoms with van der Waals surface area (Å²) in [6.45, 7) is 6.20. The third-order valence-electron chi connectivity index (χ3n) is 2.49. The fraction of sp³-hybridized carbons (Fsp3) is 1.00. The lowest BCUT2D eigenvalue weighted by Crippen LogP contribution is -2.24. The maximum Gasteiger partial charge on any atom is 0.157 e. The summed E-state index contributed by atoms with van der Waals surface area (Å²) in [7, 11) is 0. The van der Waals surface area contributed by atoms with Gasteiger partial charge in [-0.3, -0.25) is 0 Å². The molecule has 0 aromatic carbocycles. The predicted octanol–water partition coefficient (Wildman–Crippen LogP) is 2.97. The van der Waals surface area contributed by atoms with E-state index in [2.05, 4.69) is 13.8 Å². The molecule has 0 saturated carbocycles. The Morgan fingerprint density at radius 3 is 2.92 bits per heavy atom. The Labute approximate surface area is 81.6 Å². The molecule has 0 radical (unpaired) electrons. The molecule has 0 bridgehead atoms. The van der Waals surface area contributed by atoms with Crippen molar-refractivity contribution in [2.75, 3.05) is 13.2 Å². The van der Waals surface area contributed by atoms with Crippen LogP contribution in [0.15, 0.2) is 0 Å². The first-order chi connectivity index (χ1) is 6.33. The zero-order valence-electron chi connectivity index (χ0n) is 8.92. The molecule has 78 valence electrons. The van der Waals surface area contributed by atoms with Gasteiger partial charge in [0.2, 0.25) is 0 Å². The molecule has 0 N–H and O–H groups in total. The minimum Gasteiger partial charge on any atom is -0.353 e. The molecule has 1 heterocycles. The molecule has 1 unspecified atom stereocenters. The SMILES string of the molecule is CCC[C@@H](C)COC1CCCCO1. The van der Waals surface area contributed by atoms with Gasteiger partial charge in [-0.2, -0.15) is 0 Å². The minimum atomic E-state index is 0.0908. The van der Waals surface area contributed by atoms with E-state index < -0.39 is 0 Å². The van der Waals surface area contributed by atoms with Crippen molar-refractivity contribution in [1.29, 1.82) is 0 Å². The molecule has 0 aliphatic carbocycles. The van der Waals surface area contributed by atoms with Gasteiger partial charge < -0.3 is 9.47 Å². The monoisotopic (exact) mass is 186 g/mol. The molecule has 0 spiro atoms. The highest BCUT2D eigenvalue weighted by Gasteiger charge is 2.14. The van der Waals surface area contributed by atoms with Gasteiger partial charge in [-0.1, -0.05) is 20.3 Å². The van der Waals surface area contributed by atoms with Gasteiger partial charge in [0.1, 0.15) is 0 Å². The van der Waals surface area contributed by atoms with E-state index in [4.69, 9.17) is 9.47 Å². The van der Waals surface area contributed by atoms with Crippen molar-refractivity contribution in [3.8, 4) is 0 Å². The van der Waals surface area contributed by atoms with Crippen molar-refractivity contribution in [3.05, 3.63) is 0 Å². The lowest BCUT2D eigenvalue weighted by molar-refractivity contribution is -0.168. The fourth-order valence-corrected chi connectivity index (χ4v) is 1.69. The van der Waals surface area contributed by atoms with Crippen LogP contribution in [0.3, 0.4) is 0 Å². The topological polar surface area (TPSA) is 18.5 Å². The van der Waals surface area contributed by atoms with Gasteiger partial charge in [-0.05, 0) is 31.6 Å². The molecular formula is C11H22O2. The van der Waals surface area contributed by atoms with Gasteiger partial charge in [0.15, 0.2) is 6.29 Å². The van der Waals surface area contributed by atoms with Crippen LogP contribution >= 0.6 is 0 Å². The first-order valence-electron chi connectivity index (χ1n) is 5.56. The summed E-state index contributed by atoms with van der Waals surface area (Å²) in [5.74, 6) is 0.676. The number of rotatable bonds is 5. The van der Waals surface area contributed by atoms with Crippen LogP contribution in [0, 0.1) is 5.92 Å². The summed E-state index contributed by atoms with van der Waals surface area (Å²) in [5, 5.41) is 0. The highest BCUT2D eigenvalue weighted by atomic mass is 16.7. The number of hydrogen-bond acceptors (Lipinski definition) is 2. The first kappa shape index (κ1) is 11.0. The van der Waals surface area contributed by atoms with Crippen LogP contribution in [-0.2, 0) is 9.47 Å². The molecule has 1 fully saturated rings. The van der Waals surface area contributed by atoms with E-state index in [1.54, 1.807) is 0 Å². The Kier molecular flexibility index (Phi) is 5.40. The van der Waals surface area contributed by atoms with Crippen LogP contribution in [0.4, 0.5) is 0 Å². The maximum atomic E-state index is 5.68. The smallest absolute Gasteiger partial charge is 0.157 e. The Morgan fingerprint density at radius 2 is 2.31 bits per heavy atom. The summed E-state index contributed by atoms with van der Waals surface area (Å²) < 4.78 is 11.2. The molecule has 0 amide bonds. The highest BCUT2D eigenvalue weighted by molar-refractivity contribution is 4.56. The summed E-state index contributed by atoms with van der Waals surface area (Å²) in [4.78, 5) is 0. The van der Waals surface area contributed by atoms with Crippen molar-refractivity contribution in [2.45, 2.75) is 52.2 Å². The Hall–Kier alpha value is -0.0800. The molecule has 1 saturated heterocycles. The second-order valence-electron chi connectivity index (χ2n) is 4.02. The third kappa shape index (κ3) is 4.63. The van der Waals surface area contributed by atoms with Crippen LogP contribution in [0.5, 0.6) is 0 Å². The second kappa shape index (κ2) is 6.39. The number of ether oxygens (including phenoxy) is 2. The van der Waals surface area contributed by atoms with Crippen molar-refractivity contribution in [2.24, 2.45) is 5.92 Å². The van der Waals surface area contributed by atoms with Gasteiger partial charge in [0.05, 0.1) is 6.61 Å². The van der Waals surface area contributed by atoms with Gasteiger partial charge in [-0.15, -0.1) is 0 Å². The zero-order chi connectivity index (χ0) is 9.52. The van der Waals surface area contributed by atoms with E-state index in [9.17, 15) is 0 Å². The zero-order valence-corrected chi connectivity index (χ0v) is 8.92. The Balaban J connectivity index is 2.03. The average Bonchev–Trinajstić information content (AvgIpc) is 2.17. The van der Waals surface area contributed by atoms with Crippen LogP contribution in [0.1, 0.15) is 46.0 Å². The van der Waals surface area contributed by atoms with Crippen LogP contribution in [0.2, 0.25) is 0 Å². The average molecular weight is 186 g/mol. The van der Waals surface area contributed by atoms with Crippen molar-refractivity contribution in [3.63, 3.8) is 0 Å². The second-order valence-corrected chi connectivity index (χ2v) is 4.02. The molecule has 1 aliphatic heterocycles. The van der Waals surface area contributed by atoms with Gasteiger partial charge in [0, 0.05) is 6.61 Å². The number of hydrogen-bond donors (Lipinski definition) is 0. The van der Waals surface area contributed by atoms with E-state index >= 15 is 0 Å². The quantitative estimate of drug-likeness (QED) is 0.657. The maximum absolute atomic E-state index is 5.68. The summed E-state index contributed by atoms with van der Waals surface area (Å²) >= 11 is 0. The lowest BCUT2D eigenvalue weighted by Gasteiger charge is -2.24. The summed E-state index contributed by atoms with van der Waals surface area (Å²) in [6, 6.07) is 0. The Morgan fingerprint density at radius 1 is 1.46 bits per heavy atom. The summed E-state index contributed by atoms with van der Waals surface area (Å²) in [5.41, 5.74) is 0. The third-order valence-corrected chi connectivity index (χ3v) is 2.49. The predicted molar refractivity (Wildman–Crippen MR) is 53.6 cm³/mol. The standard InChI is InChI=1S/C11H22O2/c1-3-6-10(2)9-13-11-7-4-5-8-12-11/h10-11H,3-9H2,1-2H3/t10-,11?/m1/s1. The fourth-order valence-electron chi connectivity index (χ4n) is 1.69. The highest BCUT2D eigenvalue weighted by Crippen LogP contribution is 2.15. The molecular weight excluding hydrogens is 164 g/mol. The molecule has 1 aliphatic rings. The Bertz CT molecular complexity index is 119. The molecule has 0 aromatic heterocycles. The van der Waals surface area contributed by atoms with Gasteiger partial charge in [0.25, 0.3) is 0 Å². The first-order valence-corrected chi connectivity index (χ1v) is 5.56. The van der Waals surface area contributed by atoms with Crippen molar-refractivity contribution >= 4 is 0 Å². The molecule has 13 heavy (non-hydrogen) atoms. The van der Waals surface area contributed by atoms with Crippen molar-refractivity contribution in [1.82, 2.24) is 0 Å². The lowest BCUT2D eigenvalue weighted by atomic mass is 10.1. The largest absolute Gasteiger partial charge is 0.353 e. The van der Waals surface area contributed by atoms with Crippen LogP contribution in [0.25, 0.3) is 0 Å². The molecule has 2 heteroatoms. The minimum absolute atomic E-state index is 0.0908. The molecule has 2 nitrogen and oxygen atoms in total. The normalized spacial score (nSPS) is 25.8. The van der Waals surface area contributed by atoms with Crippen LogP contribution in [-0.4, -0.2) is 19.5 Å². The van der Waals surface area contributed by atoms with E-state index in [0.29, 0.717) is 5.92 Å². The van der Waals surface area contributed by atoms with E-state index in [1.165, 1.54) is 25.7 Å². The van der Waals surface area contributed by atoms with E-state index in [1.807, 2.05) is 0 Å². The van der Waals surface area contributed by atoms with E-state index in [0.717, 1.165) is 19.6 Å². The molecule has 2 atom stereocenters. The molecule has 1 rings (SSSR count). The van der Waals surface area contributed by atoms with Gasteiger partial charge >= 0.3 is 0 Å².